The second-order valence-electron chi connectivity index (χ2n) is 5.81. The summed E-state index contributed by atoms with van der Waals surface area (Å²) in [4.78, 5) is 22.9. The zero-order valence-corrected chi connectivity index (χ0v) is 13.0. The molecule has 0 aromatic heterocycles. The molecule has 5 heteroatoms. The van der Waals surface area contributed by atoms with Crippen LogP contribution in [0.25, 0.3) is 0 Å². The Hall–Kier alpha value is -2.04. The van der Waals surface area contributed by atoms with Gasteiger partial charge >= 0.3 is 5.97 Å². The molecule has 0 aliphatic carbocycles. The van der Waals surface area contributed by atoms with Gasteiger partial charge in [-0.3, -0.25) is 9.59 Å². The zero-order valence-electron chi connectivity index (χ0n) is 13.0. The molecule has 1 amide bonds. The van der Waals surface area contributed by atoms with E-state index in [1.54, 1.807) is 26.8 Å². The van der Waals surface area contributed by atoms with Gasteiger partial charge in [0.25, 0.3) is 5.91 Å². The molecule has 1 aromatic rings. The predicted molar refractivity (Wildman–Crippen MR) is 80.3 cm³/mol. The van der Waals surface area contributed by atoms with E-state index >= 15 is 0 Å². The van der Waals surface area contributed by atoms with Crippen LogP contribution in [0.2, 0.25) is 0 Å². The molecule has 21 heavy (non-hydrogen) atoms. The topological polar surface area (TPSA) is 75.6 Å². The van der Waals surface area contributed by atoms with Crippen molar-refractivity contribution in [2.24, 2.45) is 5.41 Å². The Balaban J connectivity index is 2.43. The predicted octanol–water partition coefficient (Wildman–Crippen LogP) is 2.38. The van der Waals surface area contributed by atoms with Gasteiger partial charge in [-0.1, -0.05) is 12.1 Å². The van der Waals surface area contributed by atoms with Crippen molar-refractivity contribution in [2.75, 3.05) is 6.54 Å². The van der Waals surface area contributed by atoms with Crippen LogP contribution in [0.15, 0.2) is 24.3 Å². The van der Waals surface area contributed by atoms with Gasteiger partial charge in [0, 0.05) is 6.54 Å². The van der Waals surface area contributed by atoms with Crippen molar-refractivity contribution in [3.05, 3.63) is 29.8 Å². The number of hydrogen-bond acceptors (Lipinski definition) is 3. The average Bonchev–Trinajstić information content (AvgIpc) is 2.38. The van der Waals surface area contributed by atoms with Crippen molar-refractivity contribution in [3.63, 3.8) is 0 Å². The second kappa shape index (κ2) is 7.11. The number of carbonyl (C=O) groups is 2. The lowest BCUT2D eigenvalue weighted by Gasteiger charge is -2.20. The average molecular weight is 293 g/mol. The van der Waals surface area contributed by atoms with Gasteiger partial charge in [-0.2, -0.15) is 0 Å². The van der Waals surface area contributed by atoms with Crippen molar-refractivity contribution in [1.29, 1.82) is 0 Å². The first-order valence-electron chi connectivity index (χ1n) is 6.97. The highest BCUT2D eigenvalue weighted by Crippen LogP contribution is 2.19. The monoisotopic (exact) mass is 293 g/mol. The normalized spacial score (nSPS) is 12.6. The molecule has 116 valence electrons. The van der Waals surface area contributed by atoms with E-state index in [0.29, 0.717) is 18.7 Å². The molecule has 0 aliphatic heterocycles. The highest BCUT2D eigenvalue weighted by Gasteiger charge is 2.27. The summed E-state index contributed by atoms with van der Waals surface area (Å²) in [7, 11) is 0. The van der Waals surface area contributed by atoms with Crippen LogP contribution in [0.1, 0.15) is 32.8 Å². The summed E-state index contributed by atoms with van der Waals surface area (Å²) in [5, 5.41) is 11.7. The first kappa shape index (κ1) is 17.0. The number of aryl methyl sites for hydroxylation is 1. The van der Waals surface area contributed by atoms with E-state index in [1.165, 1.54) is 0 Å². The Labute approximate surface area is 125 Å². The third-order valence-corrected chi connectivity index (χ3v) is 3.30. The molecule has 1 aromatic carbocycles. The van der Waals surface area contributed by atoms with Crippen LogP contribution in [0.3, 0.4) is 0 Å². The Morgan fingerprint density at radius 1 is 1.38 bits per heavy atom. The summed E-state index contributed by atoms with van der Waals surface area (Å²) in [5.41, 5.74) is 0.205. The fourth-order valence-corrected chi connectivity index (χ4v) is 1.70. The van der Waals surface area contributed by atoms with Crippen LogP contribution >= 0.6 is 0 Å². The maximum absolute atomic E-state index is 11.9. The molecule has 1 rings (SSSR count). The van der Waals surface area contributed by atoms with Crippen molar-refractivity contribution < 1.29 is 19.4 Å². The van der Waals surface area contributed by atoms with E-state index in [0.717, 1.165) is 5.56 Å². The lowest BCUT2D eigenvalue weighted by molar-refractivity contribution is -0.147. The van der Waals surface area contributed by atoms with Crippen LogP contribution in [-0.2, 0) is 9.59 Å². The molecule has 0 fully saturated rings. The molecule has 0 spiro atoms. The molecular formula is C16H23NO4. The van der Waals surface area contributed by atoms with E-state index < -0.39 is 17.5 Å². The Morgan fingerprint density at radius 3 is 2.62 bits per heavy atom. The highest BCUT2D eigenvalue weighted by molar-refractivity contribution is 5.80. The molecule has 0 radical (unpaired) electrons. The van der Waals surface area contributed by atoms with Gasteiger partial charge in [-0.15, -0.1) is 0 Å². The molecule has 1 atom stereocenters. The second-order valence-corrected chi connectivity index (χ2v) is 5.81. The Kier molecular flexibility index (Phi) is 5.76. The summed E-state index contributed by atoms with van der Waals surface area (Å²) < 4.78 is 5.56. The maximum Gasteiger partial charge on any atom is 0.309 e. The summed E-state index contributed by atoms with van der Waals surface area (Å²) >= 11 is 0. The first-order valence-corrected chi connectivity index (χ1v) is 6.97. The number of amides is 1. The SMILES string of the molecule is Cc1cccc(OC(C)C(=O)NCCC(C)(C)C(=O)O)c1. The molecule has 0 aliphatic rings. The number of carboxylic acids is 1. The number of carbonyl (C=O) groups excluding carboxylic acids is 1. The third kappa shape index (κ3) is 5.45. The minimum atomic E-state index is -0.874. The van der Waals surface area contributed by atoms with Gasteiger partial charge in [0.15, 0.2) is 6.10 Å². The molecule has 1 unspecified atom stereocenters. The smallest absolute Gasteiger partial charge is 0.309 e. The van der Waals surface area contributed by atoms with Gasteiger partial charge in [-0.25, -0.2) is 0 Å². The van der Waals surface area contributed by atoms with E-state index in [-0.39, 0.29) is 5.91 Å². The number of hydrogen-bond donors (Lipinski definition) is 2. The fraction of sp³-hybridized carbons (Fsp3) is 0.500. The van der Waals surface area contributed by atoms with Gasteiger partial charge in [-0.05, 0) is 51.8 Å². The summed E-state index contributed by atoms with van der Waals surface area (Å²) in [5.74, 6) is -0.484. The molecule has 0 saturated carbocycles. The van der Waals surface area contributed by atoms with E-state index in [4.69, 9.17) is 9.84 Å². The van der Waals surface area contributed by atoms with Crippen LogP contribution in [0.4, 0.5) is 0 Å². The molecule has 0 heterocycles. The summed E-state index contributed by atoms with van der Waals surface area (Å²) in [6.45, 7) is 7.19. The molecular weight excluding hydrogens is 270 g/mol. The fourth-order valence-electron chi connectivity index (χ4n) is 1.70. The number of nitrogens with one attached hydrogen (secondary N) is 1. The summed E-state index contributed by atoms with van der Waals surface area (Å²) in [6.07, 6.45) is -0.259. The van der Waals surface area contributed by atoms with E-state index in [2.05, 4.69) is 5.32 Å². The van der Waals surface area contributed by atoms with Crippen molar-refractivity contribution in [3.8, 4) is 5.75 Å². The summed E-state index contributed by atoms with van der Waals surface area (Å²) in [6, 6.07) is 7.47. The van der Waals surface area contributed by atoms with Gasteiger partial charge in [0.05, 0.1) is 5.41 Å². The van der Waals surface area contributed by atoms with Crippen molar-refractivity contribution in [1.82, 2.24) is 5.32 Å². The lowest BCUT2D eigenvalue weighted by atomic mass is 9.90. The maximum atomic E-state index is 11.9. The number of rotatable bonds is 7. The van der Waals surface area contributed by atoms with Crippen LogP contribution in [-0.4, -0.2) is 29.6 Å². The highest BCUT2D eigenvalue weighted by atomic mass is 16.5. The first-order chi connectivity index (χ1) is 9.72. The minimum absolute atomic E-state index is 0.252. The quantitative estimate of drug-likeness (QED) is 0.809. The van der Waals surface area contributed by atoms with Crippen molar-refractivity contribution >= 4 is 11.9 Å². The minimum Gasteiger partial charge on any atom is -0.481 e. The zero-order chi connectivity index (χ0) is 16.0. The molecule has 2 N–H and O–H groups in total. The molecule has 0 saturated heterocycles. The number of aliphatic carboxylic acids is 1. The van der Waals surface area contributed by atoms with Gasteiger partial charge in [0.2, 0.25) is 0 Å². The van der Waals surface area contributed by atoms with E-state index in [1.807, 2.05) is 25.1 Å². The van der Waals surface area contributed by atoms with Crippen LogP contribution in [0, 0.1) is 12.3 Å². The van der Waals surface area contributed by atoms with Crippen molar-refractivity contribution in [2.45, 2.75) is 40.2 Å². The van der Waals surface area contributed by atoms with Crippen LogP contribution in [0.5, 0.6) is 5.75 Å². The molecule has 5 nitrogen and oxygen atoms in total. The number of carboxylic acid groups (broad SMARTS) is 1. The standard InChI is InChI=1S/C16H23NO4/c1-11-6-5-7-13(10-11)21-12(2)14(18)17-9-8-16(3,4)15(19)20/h5-7,10,12H,8-9H2,1-4H3,(H,17,18)(H,19,20). The third-order valence-electron chi connectivity index (χ3n) is 3.30. The number of ether oxygens (including phenoxy) is 1. The lowest BCUT2D eigenvalue weighted by Crippen LogP contribution is -2.39. The van der Waals surface area contributed by atoms with Gasteiger partial charge in [0.1, 0.15) is 5.75 Å². The Bertz CT molecular complexity index is 511. The van der Waals surface area contributed by atoms with Gasteiger partial charge < -0.3 is 15.2 Å². The number of benzene rings is 1. The Morgan fingerprint density at radius 2 is 2.05 bits per heavy atom. The van der Waals surface area contributed by atoms with Crippen LogP contribution < -0.4 is 10.1 Å². The molecule has 0 bridgehead atoms. The van der Waals surface area contributed by atoms with E-state index in [9.17, 15) is 9.59 Å². The largest absolute Gasteiger partial charge is 0.481 e.